The fourth-order valence-electron chi connectivity index (χ4n) is 3.94. The molecule has 5 nitrogen and oxygen atoms in total. The van der Waals surface area contributed by atoms with E-state index in [2.05, 4.69) is 58.6 Å². The van der Waals surface area contributed by atoms with Crippen molar-refractivity contribution in [2.75, 3.05) is 32.1 Å². The predicted molar refractivity (Wildman–Crippen MR) is 116 cm³/mol. The van der Waals surface area contributed by atoms with Gasteiger partial charge in [-0.05, 0) is 50.3 Å². The lowest BCUT2D eigenvalue weighted by atomic mass is 9.94. The Morgan fingerprint density at radius 2 is 2.14 bits per heavy atom. The summed E-state index contributed by atoms with van der Waals surface area (Å²) in [4.78, 5) is 12.3. The molecule has 0 aliphatic carbocycles. The molecule has 0 bridgehead atoms. The molecule has 4 rings (SSSR count). The summed E-state index contributed by atoms with van der Waals surface area (Å²) < 4.78 is 12.9. The molecular weight excluding hydrogens is 368 g/mol. The third-order valence-corrected chi connectivity index (χ3v) is 6.54. The normalized spacial score (nSPS) is 17.7. The van der Waals surface area contributed by atoms with Crippen LogP contribution in [0, 0.1) is 0 Å². The lowest BCUT2D eigenvalue weighted by molar-refractivity contribution is 0.278. The van der Waals surface area contributed by atoms with E-state index >= 15 is 0 Å². The fourth-order valence-corrected chi connectivity index (χ4v) is 4.98. The first kappa shape index (κ1) is 19.1. The number of aromatic amines is 1. The number of hydrogen-bond acceptors (Lipinski definition) is 4. The molecule has 2 atom stereocenters. The lowest BCUT2D eigenvalue weighted by Gasteiger charge is -2.38. The summed E-state index contributed by atoms with van der Waals surface area (Å²) >= 11 is -1.21. The van der Waals surface area contributed by atoms with Crippen LogP contribution >= 0.6 is 0 Å². The zero-order chi connectivity index (χ0) is 19.7. The third-order valence-electron chi connectivity index (χ3n) is 5.32. The Morgan fingerprint density at radius 1 is 1.32 bits per heavy atom. The average Bonchev–Trinajstić information content (AvgIpc) is 3.12. The largest absolute Gasteiger partial charge is 0.609 e. The zero-order valence-corrected chi connectivity index (χ0v) is 17.2. The van der Waals surface area contributed by atoms with Gasteiger partial charge in [0.2, 0.25) is 0 Å². The van der Waals surface area contributed by atoms with Crippen molar-refractivity contribution < 1.29 is 4.55 Å². The van der Waals surface area contributed by atoms with Gasteiger partial charge in [-0.15, -0.1) is 6.58 Å². The van der Waals surface area contributed by atoms with Crippen LogP contribution in [0.25, 0.3) is 11.0 Å². The molecule has 1 aliphatic rings. The van der Waals surface area contributed by atoms with E-state index in [0.717, 1.165) is 36.1 Å². The van der Waals surface area contributed by atoms with Crippen molar-refractivity contribution in [1.29, 1.82) is 0 Å². The number of para-hydroxylation sites is 2. The topological polar surface area (TPSA) is 58.2 Å². The Morgan fingerprint density at radius 3 is 2.89 bits per heavy atom. The minimum absolute atomic E-state index is 0.371. The second kappa shape index (κ2) is 7.99. The van der Waals surface area contributed by atoms with E-state index < -0.39 is 11.2 Å². The first-order valence-electron chi connectivity index (χ1n) is 9.55. The highest BCUT2D eigenvalue weighted by molar-refractivity contribution is 7.90. The minimum atomic E-state index is -1.21. The van der Waals surface area contributed by atoms with Gasteiger partial charge in [-0.25, -0.2) is 0 Å². The van der Waals surface area contributed by atoms with E-state index in [1.54, 1.807) is 0 Å². The van der Waals surface area contributed by atoms with Gasteiger partial charge in [0.15, 0.2) is 0 Å². The van der Waals surface area contributed by atoms with Crippen LogP contribution in [0.15, 0.2) is 60.3 Å². The van der Waals surface area contributed by atoms with Crippen molar-refractivity contribution in [3.8, 4) is 0 Å². The summed E-state index contributed by atoms with van der Waals surface area (Å²) in [6, 6.07) is 14.6. The van der Waals surface area contributed by atoms with Crippen LogP contribution in [-0.4, -0.2) is 46.6 Å². The second-order valence-electron chi connectivity index (χ2n) is 7.44. The van der Waals surface area contributed by atoms with E-state index in [0.29, 0.717) is 17.0 Å². The molecule has 0 spiro atoms. The molecule has 1 aliphatic heterocycles. The molecule has 1 N–H and O–H groups in total. The number of anilines is 1. The quantitative estimate of drug-likeness (QED) is 0.509. The Kier molecular flexibility index (Phi) is 5.44. The number of H-pyrrole nitrogens is 1. The molecule has 0 fully saturated rings. The lowest BCUT2D eigenvalue weighted by Crippen LogP contribution is -2.35. The smallest absolute Gasteiger partial charge is 0.321 e. The van der Waals surface area contributed by atoms with Crippen LogP contribution in [0.5, 0.6) is 0 Å². The van der Waals surface area contributed by atoms with Gasteiger partial charge < -0.3 is 14.4 Å². The van der Waals surface area contributed by atoms with Gasteiger partial charge in [-0.3, -0.25) is 4.98 Å². The summed E-state index contributed by atoms with van der Waals surface area (Å²) in [6.45, 7) is 5.75. The first-order chi connectivity index (χ1) is 13.6. The highest BCUT2D eigenvalue weighted by atomic mass is 32.2. The van der Waals surface area contributed by atoms with E-state index in [1.165, 1.54) is 11.3 Å². The fraction of sp³-hybridized carbons (Fsp3) is 0.318. The molecule has 6 heteroatoms. The summed E-state index contributed by atoms with van der Waals surface area (Å²) in [6.07, 6.45) is 3.02. The maximum atomic E-state index is 12.9. The highest BCUT2D eigenvalue weighted by Gasteiger charge is 2.27. The summed E-state index contributed by atoms with van der Waals surface area (Å²) in [5, 5.41) is 0.538. The maximum absolute atomic E-state index is 12.9. The van der Waals surface area contributed by atoms with Crippen molar-refractivity contribution in [2.24, 2.45) is 0 Å². The van der Waals surface area contributed by atoms with Crippen molar-refractivity contribution in [2.45, 2.75) is 23.4 Å². The van der Waals surface area contributed by atoms with Crippen LogP contribution in [0.3, 0.4) is 0 Å². The molecule has 2 heterocycles. The molecular formula is C22H26N4OS. The van der Waals surface area contributed by atoms with Crippen LogP contribution in [-0.2, 0) is 16.9 Å². The van der Waals surface area contributed by atoms with E-state index in [1.807, 2.05) is 30.3 Å². The monoisotopic (exact) mass is 394 g/mol. The molecule has 146 valence electrons. The number of hydrogen-bond donors (Lipinski definition) is 1. The summed E-state index contributed by atoms with van der Waals surface area (Å²) in [5.74, 6) is 0.453. The predicted octanol–water partition coefficient (Wildman–Crippen LogP) is 3.87. The molecule has 0 radical (unpaired) electrons. The van der Waals surface area contributed by atoms with Gasteiger partial charge in [0.05, 0.1) is 11.0 Å². The average molecular weight is 395 g/mol. The molecule has 2 aromatic carbocycles. The number of imidazole rings is 1. The molecule has 0 saturated heterocycles. The number of nitrogens with zero attached hydrogens (tertiary/aromatic N) is 3. The third kappa shape index (κ3) is 3.68. The molecule has 0 saturated carbocycles. The zero-order valence-electron chi connectivity index (χ0n) is 16.4. The summed E-state index contributed by atoms with van der Waals surface area (Å²) in [5.41, 5.74) is 5.40. The van der Waals surface area contributed by atoms with Crippen LogP contribution in [0.1, 0.15) is 23.6 Å². The van der Waals surface area contributed by atoms with Gasteiger partial charge in [-0.2, -0.15) is 4.98 Å². The van der Waals surface area contributed by atoms with Crippen LogP contribution in [0.2, 0.25) is 0 Å². The SMILES string of the molecule is C=CCN1CCC(N(C)C)c2cc(C[S+]([O-])c3nc4ccccc4[nH]3)ccc21. The minimum Gasteiger partial charge on any atom is -0.609 e. The molecule has 28 heavy (non-hydrogen) atoms. The Balaban J connectivity index is 1.61. The Labute approximate surface area is 169 Å². The number of fused-ring (bicyclic) bond motifs is 2. The number of aromatic nitrogens is 2. The van der Waals surface area contributed by atoms with Crippen molar-refractivity contribution in [3.63, 3.8) is 0 Å². The Hall–Kier alpha value is -2.28. The van der Waals surface area contributed by atoms with Crippen molar-refractivity contribution in [3.05, 3.63) is 66.2 Å². The number of nitrogens with one attached hydrogen (secondary N) is 1. The van der Waals surface area contributed by atoms with E-state index in [9.17, 15) is 4.55 Å². The number of benzene rings is 2. The molecule has 0 amide bonds. The first-order valence-corrected chi connectivity index (χ1v) is 10.9. The van der Waals surface area contributed by atoms with E-state index in [-0.39, 0.29) is 0 Å². The van der Waals surface area contributed by atoms with Crippen molar-refractivity contribution in [1.82, 2.24) is 14.9 Å². The van der Waals surface area contributed by atoms with Crippen molar-refractivity contribution >= 4 is 27.9 Å². The Bertz CT molecular complexity index is 951. The van der Waals surface area contributed by atoms with Crippen LogP contribution < -0.4 is 4.90 Å². The summed E-state index contributed by atoms with van der Waals surface area (Å²) in [7, 11) is 4.24. The second-order valence-corrected chi connectivity index (χ2v) is 8.81. The highest BCUT2D eigenvalue weighted by Crippen LogP contribution is 2.37. The number of rotatable bonds is 6. The van der Waals surface area contributed by atoms with Gasteiger partial charge >= 0.3 is 5.16 Å². The van der Waals surface area contributed by atoms with Gasteiger partial charge in [-0.1, -0.05) is 24.3 Å². The molecule has 1 aromatic heterocycles. The molecule has 3 aromatic rings. The maximum Gasteiger partial charge on any atom is 0.321 e. The van der Waals surface area contributed by atoms with E-state index in [4.69, 9.17) is 0 Å². The molecule has 2 unspecified atom stereocenters. The van der Waals surface area contributed by atoms with Gasteiger partial charge in [0.25, 0.3) is 0 Å². The standard InChI is InChI=1S/C22H26N4OS/c1-4-12-26-13-11-20(25(2)3)17-14-16(9-10-21(17)26)15-28(27)22-23-18-7-5-6-8-19(18)24-22/h4-10,14,20H,1,11-13,15H2,2-3H3,(H,23,24). The van der Waals surface area contributed by atoms with Gasteiger partial charge in [0.1, 0.15) is 5.75 Å². The van der Waals surface area contributed by atoms with Gasteiger partial charge in [0, 0.05) is 41.6 Å². The van der Waals surface area contributed by atoms with Crippen LogP contribution in [0.4, 0.5) is 5.69 Å².